The van der Waals surface area contributed by atoms with Crippen LogP contribution in [0.2, 0.25) is 0 Å². The maximum atomic E-state index is 11.2. The van der Waals surface area contributed by atoms with Crippen LogP contribution in [0.3, 0.4) is 0 Å². The summed E-state index contributed by atoms with van der Waals surface area (Å²) in [5, 5.41) is 0. The van der Waals surface area contributed by atoms with Gasteiger partial charge in [-0.25, -0.2) is 8.42 Å². The molecule has 84 valence electrons. The smallest absolute Gasteiger partial charge is 0.219 e. The first-order chi connectivity index (χ1) is 6.04. The van der Waals surface area contributed by atoms with Gasteiger partial charge in [-0.05, 0) is 20.8 Å². The fourth-order valence-electron chi connectivity index (χ4n) is 1.22. The molecule has 0 aromatic rings. The van der Waals surface area contributed by atoms with E-state index in [-0.39, 0.29) is 23.7 Å². The summed E-state index contributed by atoms with van der Waals surface area (Å²) in [7, 11) is -3.01. The van der Waals surface area contributed by atoms with Crippen molar-refractivity contribution >= 4 is 15.7 Å². The van der Waals surface area contributed by atoms with Gasteiger partial charge in [-0.1, -0.05) is 0 Å². The van der Waals surface area contributed by atoms with Crippen LogP contribution < -0.4 is 0 Å². The second-order valence-electron chi connectivity index (χ2n) is 4.47. The molecule has 1 amide bonds. The highest BCUT2D eigenvalue weighted by Gasteiger charge is 2.24. The average Bonchev–Trinajstić information content (AvgIpc) is 1.79. The van der Waals surface area contributed by atoms with Gasteiger partial charge in [0.05, 0.1) is 5.75 Å². The molecule has 0 saturated carbocycles. The Bertz CT molecular complexity index is 301. The molecule has 0 aliphatic carbocycles. The number of nitrogens with zero attached hydrogens (tertiary/aromatic N) is 1. The normalized spacial score (nSPS) is 12.6. The predicted molar refractivity (Wildman–Crippen MR) is 56.9 cm³/mol. The minimum absolute atomic E-state index is 0.0177. The van der Waals surface area contributed by atoms with Crippen molar-refractivity contribution in [2.45, 2.75) is 33.2 Å². The fraction of sp³-hybridized carbons (Fsp3) is 0.889. The van der Waals surface area contributed by atoms with Crippen molar-refractivity contribution < 1.29 is 13.2 Å². The molecule has 0 unspecified atom stereocenters. The van der Waals surface area contributed by atoms with Gasteiger partial charge in [-0.15, -0.1) is 0 Å². The molecule has 0 aliphatic rings. The number of carbonyl (C=O) groups is 1. The van der Waals surface area contributed by atoms with Gasteiger partial charge in [-0.2, -0.15) is 0 Å². The van der Waals surface area contributed by atoms with E-state index in [1.54, 1.807) is 4.90 Å². The van der Waals surface area contributed by atoms with Crippen LogP contribution in [0.1, 0.15) is 27.7 Å². The molecule has 0 aliphatic heterocycles. The van der Waals surface area contributed by atoms with E-state index in [1.165, 1.54) is 13.2 Å². The van der Waals surface area contributed by atoms with Gasteiger partial charge in [0, 0.05) is 25.3 Å². The number of hydrogen-bond acceptors (Lipinski definition) is 3. The van der Waals surface area contributed by atoms with Crippen molar-refractivity contribution in [1.82, 2.24) is 4.90 Å². The zero-order valence-electron chi connectivity index (χ0n) is 9.49. The highest BCUT2D eigenvalue weighted by atomic mass is 32.2. The van der Waals surface area contributed by atoms with Crippen LogP contribution in [-0.4, -0.2) is 43.3 Å². The van der Waals surface area contributed by atoms with Crippen LogP contribution in [0.25, 0.3) is 0 Å². The van der Waals surface area contributed by atoms with E-state index >= 15 is 0 Å². The Morgan fingerprint density at radius 3 is 1.93 bits per heavy atom. The molecule has 0 bridgehead atoms. The summed E-state index contributed by atoms with van der Waals surface area (Å²) in [4.78, 5) is 12.8. The lowest BCUT2D eigenvalue weighted by Gasteiger charge is -2.34. The molecule has 4 nitrogen and oxygen atoms in total. The molecule has 5 heteroatoms. The van der Waals surface area contributed by atoms with Crippen molar-refractivity contribution in [1.29, 1.82) is 0 Å². The summed E-state index contributed by atoms with van der Waals surface area (Å²) in [6.07, 6.45) is 1.17. The maximum Gasteiger partial charge on any atom is 0.219 e. The second kappa shape index (κ2) is 4.29. The van der Waals surface area contributed by atoms with Crippen LogP contribution >= 0.6 is 0 Å². The number of sulfone groups is 1. The molecule has 0 saturated heterocycles. The lowest BCUT2D eigenvalue weighted by atomic mass is 10.1. The topological polar surface area (TPSA) is 54.5 Å². The van der Waals surface area contributed by atoms with Crippen LogP contribution in [0.15, 0.2) is 0 Å². The van der Waals surface area contributed by atoms with E-state index in [9.17, 15) is 13.2 Å². The molecule has 0 aromatic heterocycles. The fourth-order valence-corrected chi connectivity index (χ4v) is 1.74. The van der Waals surface area contributed by atoms with Crippen LogP contribution in [0.4, 0.5) is 0 Å². The molecular weight excluding hydrogens is 202 g/mol. The minimum atomic E-state index is -3.01. The van der Waals surface area contributed by atoms with Gasteiger partial charge in [0.1, 0.15) is 9.84 Å². The Hall–Kier alpha value is -0.580. The van der Waals surface area contributed by atoms with Crippen molar-refractivity contribution in [3.8, 4) is 0 Å². The third kappa shape index (κ3) is 5.21. The van der Waals surface area contributed by atoms with Gasteiger partial charge in [-0.3, -0.25) is 4.79 Å². The molecule has 0 N–H and O–H groups in total. The number of amides is 1. The van der Waals surface area contributed by atoms with E-state index in [0.29, 0.717) is 0 Å². The highest BCUT2D eigenvalue weighted by molar-refractivity contribution is 7.90. The molecule has 0 rings (SSSR count). The van der Waals surface area contributed by atoms with E-state index in [0.717, 1.165) is 0 Å². The lowest BCUT2D eigenvalue weighted by Crippen LogP contribution is -2.46. The van der Waals surface area contributed by atoms with E-state index in [2.05, 4.69) is 0 Å². The Morgan fingerprint density at radius 2 is 1.71 bits per heavy atom. The summed E-state index contributed by atoms with van der Waals surface area (Å²) in [6.45, 7) is 7.37. The Kier molecular flexibility index (Phi) is 4.12. The number of rotatable bonds is 3. The molecule has 0 atom stereocenters. The first-order valence-corrected chi connectivity index (χ1v) is 6.56. The van der Waals surface area contributed by atoms with Crippen LogP contribution in [0, 0.1) is 0 Å². The SMILES string of the molecule is CC(=O)N(CCS(C)(=O)=O)C(C)(C)C. The molecule has 0 radical (unpaired) electrons. The molecule has 0 heterocycles. The molecule has 14 heavy (non-hydrogen) atoms. The van der Waals surface area contributed by atoms with E-state index < -0.39 is 9.84 Å². The molecule has 0 spiro atoms. The number of hydrogen-bond donors (Lipinski definition) is 0. The van der Waals surface area contributed by atoms with Gasteiger partial charge in [0.25, 0.3) is 0 Å². The van der Waals surface area contributed by atoms with E-state index in [4.69, 9.17) is 0 Å². The summed E-state index contributed by atoms with van der Waals surface area (Å²) in [5.74, 6) is -0.0784. The summed E-state index contributed by atoms with van der Waals surface area (Å²) >= 11 is 0. The van der Waals surface area contributed by atoms with Gasteiger partial charge in [0.2, 0.25) is 5.91 Å². The van der Waals surface area contributed by atoms with Crippen LogP contribution in [0.5, 0.6) is 0 Å². The predicted octanol–water partition coefficient (Wildman–Crippen LogP) is 0.678. The minimum Gasteiger partial charge on any atom is -0.337 e. The molecule has 0 fully saturated rings. The highest BCUT2D eigenvalue weighted by Crippen LogP contribution is 2.13. The zero-order valence-corrected chi connectivity index (χ0v) is 10.3. The van der Waals surface area contributed by atoms with Crippen molar-refractivity contribution in [3.05, 3.63) is 0 Å². The van der Waals surface area contributed by atoms with Crippen molar-refractivity contribution in [3.63, 3.8) is 0 Å². The first-order valence-electron chi connectivity index (χ1n) is 4.50. The van der Waals surface area contributed by atoms with Gasteiger partial charge < -0.3 is 4.90 Å². The van der Waals surface area contributed by atoms with Crippen molar-refractivity contribution in [2.75, 3.05) is 18.6 Å². The van der Waals surface area contributed by atoms with Crippen molar-refractivity contribution in [2.24, 2.45) is 0 Å². The van der Waals surface area contributed by atoms with Gasteiger partial charge >= 0.3 is 0 Å². The Balaban J connectivity index is 4.50. The summed E-state index contributed by atoms with van der Waals surface area (Å²) in [5.41, 5.74) is -0.323. The Morgan fingerprint density at radius 1 is 1.29 bits per heavy atom. The van der Waals surface area contributed by atoms with Crippen LogP contribution in [-0.2, 0) is 14.6 Å². The number of carbonyl (C=O) groups excluding carboxylic acids is 1. The monoisotopic (exact) mass is 221 g/mol. The second-order valence-corrected chi connectivity index (χ2v) is 6.73. The first kappa shape index (κ1) is 13.4. The summed E-state index contributed by atoms with van der Waals surface area (Å²) in [6, 6.07) is 0. The lowest BCUT2D eigenvalue weighted by molar-refractivity contribution is -0.133. The Labute approximate surface area is 86.2 Å². The average molecular weight is 221 g/mol. The third-order valence-corrected chi connectivity index (χ3v) is 2.80. The third-order valence-electron chi connectivity index (χ3n) is 1.88. The van der Waals surface area contributed by atoms with E-state index in [1.807, 2.05) is 20.8 Å². The quantitative estimate of drug-likeness (QED) is 0.704. The largest absolute Gasteiger partial charge is 0.337 e. The summed E-state index contributed by atoms with van der Waals surface area (Å²) < 4.78 is 21.9. The molecule has 0 aromatic carbocycles. The standard InChI is InChI=1S/C9H19NO3S/c1-8(11)10(9(2,3)4)6-7-14(5,12)13/h6-7H2,1-5H3. The van der Waals surface area contributed by atoms with Gasteiger partial charge in [0.15, 0.2) is 0 Å². The zero-order chi connectivity index (χ0) is 11.6. The maximum absolute atomic E-state index is 11.2. The molecular formula is C9H19NO3S.